The van der Waals surface area contributed by atoms with Crippen LogP contribution >= 0.6 is 0 Å². The van der Waals surface area contributed by atoms with E-state index in [0.29, 0.717) is 12.4 Å². The smallest absolute Gasteiger partial charge is 0.238 e. The van der Waals surface area contributed by atoms with Crippen LogP contribution in [0.15, 0.2) is 29.2 Å². The number of likely N-dealkylation sites (tertiary alicyclic amines) is 1. The fraction of sp³-hybridized carbons (Fsp3) is 0.571. The molecule has 2 fully saturated rings. The highest BCUT2D eigenvalue weighted by molar-refractivity contribution is 7.89. The van der Waals surface area contributed by atoms with E-state index in [-0.39, 0.29) is 4.90 Å². The Hall–Kier alpha value is -1.15. The number of nitrogens with zero attached hydrogens (tertiary/aromatic N) is 1. The number of nitrogens with two attached hydrogens (primary N) is 1. The summed E-state index contributed by atoms with van der Waals surface area (Å²) in [4.78, 5) is 2.55. The van der Waals surface area contributed by atoms with Gasteiger partial charge in [0.25, 0.3) is 0 Å². The van der Waals surface area contributed by atoms with E-state index in [1.807, 2.05) is 0 Å². The number of primary sulfonamides is 1. The lowest BCUT2D eigenvalue weighted by Crippen LogP contribution is -2.29. The number of rotatable bonds is 5. The Morgan fingerprint density at radius 1 is 1.19 bits per heavy atom. The summed E-state index contributed by atoms with van der Waals surface area (Å²) >= 11 is 0. The zero-order chi connectivity index (χ0) is 14.9. The van der Waals surface area contributed by atoms with Crippen molar-refractivity contribution >= 4 is 10.0 Å². The van der Waals surface area contributed by atoms with Crippen molar-refractivity contribution in [3.63, 3.8) is 0 Å². The third-order valence-corrected chi connectivity index (χ3v) is 5.22. The van der Waals surface area contributed by atoms with E-state index in [1.165, 1.54) is 12.1 Å². The second kappa shape index (κ2) is 5.92. The average Bonchev–Trinajstić information content (AvgIpc) is 2.99. The molecule has 6 nitrogen and oxygen atoms in total. The third-order valence-electron chi connectivity index (χ3n) is 4.29. The second-order valence-corrected chi connectivity index (χ2v) is 7.36. The summed E-state index contributed by atoms with van der Waals surface area (Å²) < 4.78 is 28.0. The van der Waals surface area contributed by atoms with Gasteiger partial charge in [0, 0.05) is 19.6 Å². The van der Waals surface area contributed by atoms with Crippen LogP contribution in [0, 0.1) is 11.8 Å². The Balaban J connectivity index is 1.45. The van der Waals surface area contributed by atoms with Crippen LogP contribution < -0.4 is 15.2 Å². The third kappa shape index (κ3) is 3.55. The van der Waals surface area contributed by atoms with Gasteiger partial charge in [0.15, 0.2) is 0 Å². The van der Waals surface area contributed by atoms with Gasteiger partial charge in [0.1, 0.15) is 12.4 Å². The van der Waals surface area contributed by atoms with Crippen LogP contribution in [0.4, 0.5) is 0 Å². The molecule has 3 rings (SSSR count). The molecule has 3 N–H and O–H groups in total. The fourth-order valence-electron chi connectivity index (χ4n) is 3.15. The molecule has 2 unspecified atom stereocenters. The van der Waals surface area contributed by atoms with Crippen LogP contribution in [0.3, 0.4) is 0 Å². The molecule has 116 valence electrons. The first-order chi connectivity index (χ1) is 10.0. The van der Waals surface area contributed by atoms with E-state index in [0.717, 1.165) is 44.6 Å². The summed E-state index contributed by atoms with van der Waals surface area (Å²) in [6, 6.07) is 6.22. The number of ether oxygens (including phenoxy) is 1. The van der Waals surface area contributed by atoms with Gasteiger partial charge in [0.05, 0.1) is 4.90 Å². The summed E-state index contributed by atoms with van der Waals surface area (Å²) in [6.07, 6.45) is 0. The number of hydrogen-bond donors (Lipinski definition) is 2. The molecule has 0 amide bonds. The first-order valence-corrected chi connectivity index (χ1v) is 8.76. The molecule has 0 bridgehead atoms. The van der Waals surface area contributed by atoms with Crippen LogP contribution in [0.2, 0.25) is 0 Å². The highest BCUT2D eigenvalue weighted by Crippen LogP contribution is 2.25. The largest absolute Gasteiger partial charge is 0.492 e. The lowest BCUT2D eigenvalue weighted by atomic mass is 10.0. The summed E-state index contributed by atoms with van der Waals surface area (Å²) in [5.41, 5.74) is 0. The van der Waals surface area contributed by atoms with Gasteiger partial charge in [-0.15, -0.1) is 0 Å². The van der Waals surface area contributed by atoms with Crippen LogP contribution in [0.1, 0.15) is 0 Å². The van der Waals surface area contributed by atoms with Crippen molar-refractivity contribution in [1.82, 2.24) is 10.2 Å². The van der Waals surface area contributed by atoms with E-state index >= 15 is 0 Å². The number of nitrogens with one attached hydrogen (secondary N) is 1. The summed E-state index contributed by atoms with van der Waals surface area (Å²) in [6.45, 7) is 6.08. The Morgan fingerprint density at radius 3 is 2.38 bits per heavy atom. The summed E-state index contributed by atoms with van der Waals surface area (Å²) in [7, 11) is -3.63. The van der Waals surface area contributed by atoms with Crippen molar-refractivity contribution < 1.29 is 13.2 Å². The summed E-state index contributed by atoms with van der Waals surface area (Å²) in [5, 5.41) is 8.48. The van der Waals surface area contributed by atoms with Gasteiger partial charge in [-0.3, -0.25) is 4.90 Å². The van der Waals surface area contributed by atoms with Crippen molar-refractivity contribution in [3.05, 3.63) is 24.3 Å². The molecular formula is C14H21N3O3S. The van der Waals surface area contributed by atoms with Crippen molar-refractivity contribution in [2.75, 3.05) is 39.3 Å². The normalized spacial score (nSPS) is 26.0. The quantitative estimate of drug-likeness (QED) is 0.791. The minimum atomic E-state index is -3.63. The number of hydrogen-bond acceptors (Lipinski definition) is 5. The van der Waals surface area contributed by atoms with E-state index < -0.39 is 10.0 Å². The van der Waals surface area contributed by atoms with Crippen molar-refractivity contribution in [2.24, 2.45) is 17.0 Å². The molecule has 1 aromatic rings. The molecule has 2 aliphatic rings. The maximum absolute atomic E-state index is 11.2. The van der Waals surface area contributed by atoms with E-state index in [4.69, 9.17) is 9.88 Å². The van der Waals surface area contributed by atoms with Crippen molar-refractivity contribution in [2.45, 2.75) is 4.90 Å². The fourth-order valence-corrected chi connectivity index (χ4v) is 3.67. The Kier molecular flexibility index (Phi) is 4.17. The molecule has 7 heteroatoms. The van der Waals surface area contributed by atoms with E-state index in [2.05, 4.69) is 10.2 Å². The van der Waals surface area contributed by atoms with Gasteiger partial charge in [-0.05, 0) is 49.2 Å². The SMILES string of the molecule is NS(=O)(=O)c1ccc(OCCN2CC3CNCC3C2)cc1. The van der Waals surface area contributed by atoms with Gasteiger partial charge in [-0.1, -0.05) is 0 Å². The minimum Gasteiger partial charge on any atom is -0.492 e. The molecule has 1 aromatic carbocycles. The lowest BCUT2D eigenvalue weighted by molar-refractivity contribution is 0.228. The molecule has 0 aromatic heterocycles. The number of benzene rings is 1. The standard InChI is InChI=1S/C14H21N3O3S/c15-21(18,19)14-3-1-13(2-4-14)20-6-5-17-9-11-7-16-8-12(11)10-17/h1-4,11-12,16H,5-10H2,(H2,15,18,19). The highest BCUT2D eigenvalue weighted by Gasteiger charge is 2.35. The molecule has 0 spiro atoms. The van der Waals surface area contributed by atoms with Gasteiger partial charge >= 0.3 is 0 Å². The second-order valence-electron chi connectivity index (χ2n) is 5.80. The van der Waals surface area contributed by atoms with Crippen molar-refractivity contribution in [3.8, 4) is 5.75 Å². The molecule has 0 radical (unpaired) electrons. The monoisotopic (exact) mass is 311 g/mol. The first-order valence-electron chi connectivity index (χ1n) is 7.21. The predicted molar refractivity (Wildman–Crippen MR) is 79.6 cm³/mol. The topological polar surface area (TPSA) is 84.7 Å². The number of fused-ring (bicyclic) bond motifs is 1. The molecule has 2 atom stereocenters. The Morgan fingerprint density at radius 2 is 1.81 bits per heavy atom. The van der Waals surface area contributed by atoms with Crippen LogP contribution in [0.5, 0.6) is 5.75 Å². The molecule has 0 saturated carbocycles. The predicted octanol–water partition coefficient (Wildman–Crippen LogP) is -0.136. The Bertz CT molecular complexity index is 576. The van der Waals surface area contributed by atoms with Gasteiger partial charge in [-0.25, -0.2) is 13.6 Å². The molecule has 21 heavy (non-hydrogen) atoms. The molecule has 2 saturated heterocycles. The first kappa shape index (κ1) is 14.8. The highest BCUT2D eigenvalue weighted by atomic mass is 32.2. The Labute approximate surface area is 125 Å². The number of sulfonamides is 1. The molecule has 2 aliphatic heterocycles. The molecule has 0 aliphatic carbocycles. The maximum Gasteiger partial charge on any atom is 0.238 e. The van der Waals surface area contributed by atoms with Gasteiger partial charge < -0.3 is 10.1 Å². The summed E-state index contributed by atoms with van der Waals surface area (Å²) in [5.74, 6) is 2.25. The molecular weight excluding hydrogens is 290 g/mol. The zero-order valence-electron chi connectivity index (χ0n) is 11.9. The molecule has 2 heterocycles. The minimum absolute atomic E-state index is 0.106. The average molecular weight is 311 g/mol. The lowest BCUT2D eigenvalue weighted by Gasteiger charge is -2.17. The van der Waals surface area contributed by atoms with Crippen LogP contribution in [-0.2, 0) is 10.0 Å². The maximum atomic E-state index is 11.2. The van der Waals surface area contributed by atoms with E-state index in [1.54, 1.807) is 12.1 Å². The van der Waals surface area contributed by atoms with Crippen LogP contribution in [0.25, 0.3) is 0 Å². The van der Waals surface area contributed by atoms with Gasteiger partial charge in [-0.2, -0.15) is 0 Å². The zero-order valence-corrected chi connectivity index (χ0v) is 12.7. The van der Waals surface area contributed by atoms with Crippen LogP contribution in [-0.4, -0.2) is 52.6 Å². The van der Waals surface area contributed by atoms with Gasteiger partial charge in [0.2, 0.25) is 10.0 Å². The van der Waals surface area contributed by atoms with E-state index in [9.17, 15) is 8.42 Å². The van der Waals surface area contributed by atoms with Crippen molar-refractivity contribution in [1.29, 1.82) is 0 Å².